The van der Waals surface area contributed by atoms with E-state index in [1.165, 1.54) is 31.3 Å². The number of Topliss-reactive ketones (excluding diaryl/α,β-unsaturated/α-hetero) is 1. The third kappa shape index (κ3) is 41.4. The number of ether oxygens (including phenoxy) is 5. The molecule has 45 heteroatoms. The first-order valence-corrected chi connectivity index (χ1v) is 44.0. The van der Waals surface area contributed by atoms with Crippen LogP contribution in [-0.2, 0) is 97.6 Å². The Labute approximate surface area is 927 Å². The van der Waals surface area contributed by atoms with Gasteiger partial charge in [-0.15, -0.1) is 12.4 Å². The van der Waals surface area contributed by atoms with Crippen LogP contribution in [0.4, 0.5) is 0 Å². The second-order valence-electron chi connectivity index (χ2n) is 27.1. The number of halogens is 4. The fraction of sp³-hybridized carbons (Fsp3) is 0.253. The number of fused-ring (bicyclic) bond motifs is 7. The van der Waals surface area contributed by atoms with E-state index in [1.807, 2.05) is 60.7 Å². The van der Waals surface area contributed by atoms with Crippen LogP contribution in [0.15, 0.2) is 235 Å². The Bertz CT molecular complexity index is 6270. The molecular weight excluding hydrogens is 2100 g/mol. The third-order valence-corrected chi connectivity index (χ3v) is 20.3. The SMILES string of the molecule is BrCc1cc(Br)c2occc2c1.C.C1COCCN1.CC(=O)c1ccc2occc2c1O.CCO.CCOC(=O)Cc1ccc2occc2c1O.CCOC(=O)Cc1ccc2occc2c1OCc1cc(Br)c2occc2c1.Cl.NCc1cccc(B(O)O)c1.O=C(O)Cc1ccc2occc2c1O.O=CO[O-].O=S(=O)(O)O.Oc1c(CC(=S)N2CCOCC2)ccc2occc12.[H-].[K+].[K+].[Na+].[OH-]. The maximum Gasteiger partial charge on any atom is 1.00 e. The molecule has 0 unspecified atom stereocenters. The molecule has 14 N–H and O–H groups in total. The number of thiocarbonyl (C=S) groups is 1. The van der Waals surface area contributed by atoms with Crippen molar-refractivity contribution in [3.05, 3.63) is 249 Å². The first kappa shape index (κ1) is 127. The third-order valence-electron chi connectivity index (χ3n) is 18.1. The average Bonchev–Trinajstić information content (AvgIpc) is 1.67. The van der Waals surface area contributed by atoms with Gasteiger partial charge in [0, 0.05) is 84.1 Å². The van der Waals surface area contributed by atoms with Gasteiger partial charge in [-0.25, -0.2) is 0 Å². The zero-order valence-electron chi connectivity index (χ0n) is 75.2. The maximum atomic E-state index is 12.0. The van der Waals surface area contributed by atoms with Crippen LogP contribution in [0.5, 0.6) is 28.7 Å². The molecule has 0 saturated carbocycles. The zero-order valence-corrected chi connectivity index (χ0v) is 89.7. The van der Waals surface area contributed by atoms with Crippen molar-refractivity contribution in [2.24, 2.45) is 5.73 Å². The van der Waals surface area contributed by atoms with Crippen LogP contribution < -0.4 is 159 Å². The number of nitrogens with zero attached hydrogens (tertiary/aromatic N) is 1. The van der Waals surface area contributed by atoms with Gasteiger partial charge in [-0.2, -0.15) is 8.42 Å². The maximum absolute atomic E-state index is 12.0. The summed E-state index contributed by atoms with van der Waals surface area (Å²) in [4.78, 5) is 59.0. The van der Waals surface area contributed by atoms with Gasteiger partial charge in [0.15, 0.2) is 5.78 Å². The van der Waals surface area contributed by atoms with Crippen molar-refractivity contribution in [2.75, 3.05) is 72.4 Å². The summed E-state index contributed by atoms with van der Waals surface area (Å²) in [7, 11) is -6.07. The molecule has 0 amide bonds. The monoisotopic (exact) mass is 2200 g/mol. The molecular formula is C91H101BBr3ClK2N3NaO32S2. The van der Waals surface area contributed by atoms with E-state index in [2.05, 4.69) is 75.0 Å². The molecule has 2 fully saturated rings. The van der Waals surface area contributed by atoms with E-state index in [0.29, 0.717) is 118 Å². The second kappa shape index (κ2) is 67.1. The Balaban J connectivity index is 0.00000154. The summed E-state index contributed by atoms with van der Waals surface area (Å²) in [5.74, 6) is -0.784. The molecule has 718 valence electrons. The first-order chi connectivity index (χ1) is 62.4. The molecule has 0 bridgehead atoms. The van der Waals surface area contributed by atoms with Gasteiger partial charge in [0.2, 0.25) is 0 Å². The van der Waals surface area contributed by atoms with Crippen molar-refractivity contribution in [3.8, 4) is 28.7 Å². The Hall–Kier alpha value is -7.44. The van der Waals surface area contributed by atoms with Crippen molar-refractivity contribution in [2.45, 2.75) is 79.3 Å². The van der Waals surface area contributed by atoms with Crippen molar-refractivity contribution in [1.29, 1.82) is 0 Å². The number of carbonyl (C=O) groups is 5. The number of esters is 2. The molecule has 0 atom stereocenters. The number of phenolic OH excluding ortho intramolecular Hbond substituents is 4. The average molecular weight is 2200 g/mol. The smallest absolute Gasteiger partial charge is 1.00 e. The number of aromatic hydroxyl groups is 4. The molecule has 9 heterocycles. The molecule has 7 aromatic heterocycles. The quantitative estimate of drug-likeness (QED) is 0.00494. The van der Waals surface area contributed by atoms with Crippen LogP contribution in [0.3, 0.4) is 0 Å². The standard InChI is InChI=1S/C21H17BrO5.C14H15NO3S.C12H12O4.C10H8O4.C10H8O3.C9H6Br2O.C7H10BNO2.C4H9NO.C2H6O.CH2O3.CH4.ClH.2K.Na.H2O4S.H2O.H/c1-2-24-19(23)11-14-3-4-18-16(6-8-25-18)20(14)27-12-13-9-15-5-7-26-21(15)17(22)10-13;16-14-10(1-2-12-11(14)3-6-18-12)9-13(19)15-4-7-17-8-5-15;1-2-15-11(13)7-8-3-4-10-9(12(8)14)5-6-16-10;11-9(12)5-6-1-2-8-7(10(6)13)3-4-14-8;1-6(11)7-2-3-9-8(10(7)12)4-5-13-9;10-5-6-3-7-1-2-12-9(7)8(11)4-6;9-5-6-2-1-3-7(4-6)8(10)11;1-3-6-4-2-5-1;1-2-3;2-1-4-3;;;;;;1-5(2,3)4;;/h3-10H,2,11-12H2,1H3;1-3,6,16H,4-5,7-9H2;3-6,14H,2,7H2,1H3;1-4,13H,5H2,(H,11,12);2-5,12H,1H3;1-4H,5H2;1-4,10-11H,5,9H2;5H,1-4H2;3H,2H2,1H3;1,3H;1H4;1H;;;;(H2,1,2,3,4);1H2;/q;;;;;;;;;;;;3*+1;;;-1/p-2. The number of aliphatic carboxylic acids is 1. The number of ketones is 1. The van der Waals surface area contributed by atoms with Gasteiger partial charge in [-0.1, -0.05) is 84.1 Å². The van der Waals surface area contributed by atoms with Crippen LogP contribution in [0.2, 0.25) is 0 Å². The van der Waals surface area contributed by atoms with Gasteiger partial charge >= 0.3 is 168 Å². The van der Waals surface area contributed by atoms with Gasteiger partial charge in [-0.3, -0.25) is 33.1 Å². The van der Waals surface area contributed by atoms with E-state index in [9.17, 15) is 39.6 Å². The number of phenols is 4. The zero-order chi connectivity index (χ0) is 94.8. The normalized spacial score (nSPS) is 11.3. The number of hydrogen-bond donors (Lipinski definition) is 12. The number of benzene rings is 8. The summed E-state index contributed by atoms with van der Waals surface area (Å²) in [5.41, 5.74) is 16.7. The molecule has 0 aliphatic carbocycles. The summed E-state index contributed by atoms with van der Waals surface area (Å²) in [6.45, 7) is 15.1. The number of carboxylic acids is 1. The molecule has 15 aromatic rings. The van der Waals surface area contributed by atoms with E-state index in [4.69, 9.17) is 120 Å². The molecule has 2 aliphatic rings. The second-order valence-corrected chi connectivity index (χ2v) is 30.7. The number of aliphatic hydroxyl groups excluding tert-OH is 1. The Morgan fingerprint density at radius 3 is 1.35 bits per heavy atom. The topological polar surface area (TPSA) is 564 Å². The molecule has 17 rings (SSSR count). The van der Waals surface area contributed by atoms with E-state index in [-0.39, 0.29) is 232 Å². The molecule has 2 saturated heterocycles. The van der Waals surface area contributed by atoms with Crippen LogP contribution >= 0.6 is 72.4 Å². The first-order valence-electron chi connectivity index (χ1n) is 39.5. The summed E-state index contributed by atoms with van der Waals surface area (Å²) in [6.07, 6.45) is 11.6. The summed E-state index contributed by atoms with van der Waals surface area (Å²) in [6, 6.07) is 44.7. The van der Waals surface area contributed by atoms with Crippen LogP contribution in [-0.4, -0.2) is 183 Å². The minimum Gasteiger partial charge on any atom is -1.00 e. The fourth-order valence-corrected chi connectivity index (χ4v) is 14.1. The Morgan fingerprint density at radius 1 is 0.574 bits per heavy atom. The summed E-state index contributed by atoms with van der Waals surface area (Å²) in [5, 5.41) is 91.0. The number of nitrogens with two attached hydrogens (primary N) is 1. The molecule has 2 aliphatic heterocycles. The van der Waals surface area contributed by atoms with Crippen molar-refractivity contribution < 1.29 is 286 Å². The number of alkyl halides is 1. The van der Waals surface area contributed by atoms with Crippen molar-refractivity contribution >= 4 is 207 Å². The molecule has 0 radical (unpaired) electrons. The van der Waals surface area contributed by atoms with E-state index >= 15 is 0 Å². The summed E-state index contributed by atoms with van der Waals surface area (Å²) < 4.78 is 96.5. The van der Waals surface area contributed by atoms with E-state index in [1.54, 1.807) is 125 Å². The molecule has 8 aromatic carbocycles. The number of carbonyl (C=O) groups excluding carboxylic acids is 4. The Kier molecular flexibility index (Phi) is 62.4. The van der Waals surface area contributed by atoms with Crippen LogP contribution in [0.25, 0.3) is 76.8 Å². The van der Waals surface area contributed by atoms with Gasteiger partial charge in [-0.05, 0) is 185 Å². The minimum absolute atomic E-state index is 0. The number of hydrogen-bond acceptors (Lipinski definition) is 32. The predicted octanol–water partition coefficient (Wildman–Crippen LogP) is 6.62. The molecule has 0 spiro atoms. The number of morpholine rings is 2. The predicted molar refractivity (Wildman–Crippen MR) is 512 cm³/mol. The van der Waals surface area contributed by atoms with E-state index < -0.39 is 23.5 Å². The van der Waals surface area contributed by atoms with Gasteiger partial charge < -0.3 is 128 Å². The van der Waals surface area contributed by atoms with Crippen molar-refractivity contribution in [3.63, 3.8) is 0 Å². The number of rotatable bonds is 18. The van der Waals surface area contributed by atoms with E-state index in [0.717, 1.165) is 114 Å². The number of furan rings is 7. The van der Waals surface area contributed by atoms with Crippen molar-refractivity contribution in [1.82, 2.24) is 10.2 Å². The fourth-order valence-electron chi connectivity index (χ4n) is 12.2. The van der Waals surface area contributed by atoms with Gasteiger partial charge in [0.1, 0.15) is 74.4 Å². The number of carboxylic acid groups (broad SMARTS) is 1. The van der Waals surface area contributed by atoms with Crippen LogP contribution in [0, 0.1) is 0 Å². The van der Waals surface area contributed by atoms with Crippen LogP contribution in [0.1, 0.15) is 85.9 Å². The number of aliphatic hydroxyl groups is 1. The number of nitrogens with one attached hydrogen (secondary N) is 1. The largest absolute Gasteiger partial charge is 1.00 e. The summed E-state index contributed by atoms with van der Waals surface area (Å²) >= 11 is 15.8. The minimum atomic E-state index is -4.67. The molecule has 136 heavy (non-hydrogen) atoms. The Morgan fingerprint density at radius 2 is 0.956 bits per heavy atom. The van der Waals surface area contributed by atoms with Gasteiger partial charge in [0.05, 0.1) is 149 Å². The molecule has 35 nitrogen and oxygen atoms in total. The van der Waals surface area contributed by atoms with Gasteiger partial charge in [0.25, 0.3) is 6.47 Å².